The lowest BCUT2D eigenvalue weighted by Gasteiger charge is -2.21. The molecule has 18 heteroatoms. The number of rotatable bonds is 66. The molecule has 0 bridgehead atoms. The normalized spacial score (nSPS) is 14.7. The van der Waals surface area contributed by atoms with Crippen LogP contribution in [0.2, 0.25) is 0 Å². The van der Waals surface area contributed by atoms with Crippen LogP contribution in [0.1, 0.15) is 290 Å². The van der Waals surface area contributed by atoms with Crippen LogP contribution in [-0.2, 0) is 55.8 Å². The Morgan fingerprint density at radius 3 is 0.966 bits per heavy atom. The van der Waals surface area contributed by atoms with Crippen LogP contribution in [-0.4, -0.2) is 95.9 Å². The molecule has 89 heavy (non-hydrogen) atoms. The molecule has 0 fully saturated rings. The smallest absolute Gasteiger partial charge is 0.463 e. The van der Waals surface area contributed by atoms with Crippen LogP contribution in [0.4, 0.5) is 0 Å². The van der Waals surface area contributed by atoms with Crippen molar-refractivity contribution < 1.29 is 75.8 Å². The number of ether oxygens (including phenoxy) is 3. The van der Waals surface area contributed by atoms with Crippen molar-refractivity contribution in [1.82, 2.24) is 0 Å². The summed E-state index contributed by atoms with van der Waals surface area (Å²) in [6.45, 7) is 2.52. The van der Waals surface area contributed by atoms with Crippen LogP contribution in [0.15, 0.2) is 85.1 Å². The first kappa shape index (κ1) is 85.7. The minimum atomic E-state index is -4.92. The fourth-order valence-electron chi connectivity index (χ4n) is 9.27. The lowest BCUT2D eigenvalue weighted by atomic mass is 10.1. The predicted molar refractivity (Wildman–Crippen MR) is 362 cm³/mol. The number of esters is 3. The Labute approximate surface area is 540 Å². The number of aliphatic hydroxyl groups is 2. The lowest BCUT2D eigenvalue weighted by Crippen LogP contribution is -2.30. The Morgan fingerprint density at radius 2 is 0.596 bits per heavy atom. The number of aliphatic hydroxyl groups excluding tert-OH is 2. The zero-order valence-electron chi connectivity index (χ0n) is 55.8. The van der Waals surface area contributed by atoms with Gasteiger partial charge in [0.1, 0.15) is 25.4 Å². The minimum absolute atomic E-state index is 0.105. The van der Waals surface area contributed by atoms with E-state index in [9.17, 15) is 43.5 Å². The van der Waals surface area contributed by atoms with Gasteiger partial charge in [-0.15, -0.1) is 0 Å². The Hall–Kier alpha value is -3.27. The van der Waals surface area contributed by atoms with E-state index in [2.05, 4.69) is 106 Å². The molecule has 0 aliphatic rings. The van der Waals surface area contributed by atoms with Gasteiger partial charge in [0.2, 0.25) is 0 Å². The van der Waals surface area contributed by atoms with Crippen LogP contribution in [0.3, 0.4) is 0 Å². The molecule has 0 radical (unpaired) electrons. The minimum Gasteiger partial charge on any atom is -0.463 e. The number of allylic oxidation sites excluding steroid dienone is 14. The fraction of sp³-hybridized carbons (Fsp3) is 0.761. The number of phosphoric ester groups is 2. The molecule has 5 atom stereocenters. The molecule has 5 unspecified atom stereocenters. The van der Waals surface area contributed by atoms with Crippen molar-refractivity contribution in [2.75, 3.05) is 39.6 Å². The van der Waals surface area contributed by atoms with Gasteiger partial charge in [0, 0.05) is 19.3 Å². The van der Waals surface area contributed by atoms with E-state index in [-0.39, 0.29) is 19.3 Å². The highest BCUT2D eigenvalue weighted by atomic mass is 31.2. The summed E-state index contributed by atoms with van der Waals surface area (Å²) in [5.41, 5.74) is 0. The van der Waals surface area contributed by atoms with Crippen molar-refractivity contribution in [2.45, 2.75) is 309 Å². The highest BCUT2D eigenvalue weighted by Gasteiger charge is 2.29. The monoisotopic (exact) mass is 1300 g/mol. The van der Waals surface area contributed by atoms with Gasteiger partial charge in [0.25, 0.3) is 0 Å². The van der Waals surface area contributed by atoms with Crippen LogP contribution in [0, 0.1) is 0 Å². The molecule has 0 heterocycles. The molecular formula is C71H126O16P2. The zero-order chi connectivity index (χ0) is 65.3. The van der Waals surface area contributed by atoms with E-state index >= 15 is 0 Å². The molecule has 0 amide bonds. The molecule has 0 aliphatic carbocycles. The number of carbonyl (C=O) groups is 3. The third kappa shape index (κ3) is 66.0. The summed E-state index contributed by atoms with van der Waals surface area (Å²) >= 11 is 0. The maximum atomic E-state index is 12.9. The maximum Gasteiger partial charge on any atom is 0.472 e. The first-order valence-corrected chi connectivity index (χ1v) is 37.9. The summed E-state index contributed by atoms with van der Waals surface area (Å²) in [5.74, 6) is -1.58. The largest absolute Gasteiger partial charge is 0.472 e. The van der Waals surface area contributed by atoms with Crippen molar-refractivity contribution in [3.8, 4) is 0 Å². The van der Waals surface area contributed by atoms with E-state index in [4.69, 9.17) is 32.3 Å². The van der Waals surface area contributed by atoms with E-state index in [0.29, 0.717) is 19.3 Å². The van der Waals surface area contributed by atoms with Gasteiger partial charge in [-0.3, -0.25) is 32.5 Å². The van der Waals surface area contributed by atoms with E-state index in [1.165, 1.54) is 89.9 Å². The highest BCUT2D eigenvalue weighted by molar-refractivity contribution is 7.47. The molecule has 0 saturated heterocycles. The first-order chi connectivity index (χ1) is 43.2. The Bertz CT molecular complexity index is 1970. The summed E-state index contributed by atoms with van der Waals surface area (Å²) in [6, 6.07) is 0. The van der Waals surface area contributed by atoms with Gasteiger partial charge in [-0.1, -0.05) is 260 Å². The van der Waals surface area contributed by atoms with E-state index in [0.717, 1.165) is 141 Å². The standard InChI is InChI=1S/C71H126O16P2/c1-4-7-10-13-16-19-22-24-26-28-29-30-31-32-33-34-35-37-39-40-43-45-48-51-54-57-69(74)81-60-66(72)61-83-88(77,78)84-62-67(73)63-85-89(79,80)86-65-68(87-71(76)59-56-53-50-47-42-21-18-15-12-9-6-3)64-82-70(75)58-55-52-49-46-44-41-38-36-27-25-23-20-17-14-11-8-5-2/h8,11,16-17,19-20,24-27,29-30,32-33,66-68,72-73H,4-7,9-10,12-15,18,21-23,28,31,34-65H2,1-3H3,(H,77,78)(H,79,80)/b11-8-,19-16-,20-17-,26-24-,27-25-,30-29-,33-32-. The topological polar surface area (TPSA) is 231 Å². The predicted octanol–water partition coefficient (Wildman–Crippen LogP) is 19.3. The molecular weight excluding hydrogens is 1170 g/mol. The van der Waals surface area contributed by atoms with E-state index < -0.39 is 91.5 Å². The quantitative estimate of drug-likeness (QED) is 0.0146. The van der Waals surface area contributed by atoms with Gasteiger partial charge in [0.15, 0.2) is 6.10 Å². The van der Waals surface area contributed by atoms with Crippen LogP contribution < -0.4 is 0 Å². The Morgan fingerprint density at radius 1 is 0.326 bits per heavy atom. The van der Waals surface area contributed by atoms with Crippen molar-refractivity contribution >= 4 is 33.6 Å². The Kier molecular flexibility index (Phi) is 62.4. The summed E-state index contributed by atoms with van der Waals surface area (Å²) < 4.78 is 60.8. The van der Waals surface area contributed by atoms with Gasteiger partial charge >= 0.3 is 33.6 Å². The van der Waals surface area contributed by atoms with E-state index in [1.54, 1.807) is 0 Å². The van der Waals surface area contributed by atoms with Gasteiger partial charge < -0.3 is 34.2 Å². The second-order valence-corrected chi connectivity index (χ2v) is 26.2. The van der Waals surface area contributed by atoms with Crippen molar-refractivity contribution in [1.29, 1.82) is 0 Å². The highest BCUT2D eigenvalue weighted by Crippen LogP contribution is 2.45. The number of phosphoric acid groups is 2. The molecule has 0 aliphatic heterocycles. The van der Waals surface area contributed by atoms with Crippen LogP contribution >= 0.6 is 15.6 Å². The average Bonchev–Trinajstić information content (AvgIpc) is 3.63. The third-order valence-corrected chi connectivity index (χ3v) is 16.5. The maximum absolute atomic E-state index is 12.9. The molecule has 0 aromatic rings. The molecule has 0 aromatic carbocycles. The molecule has 4 N–H and O–H groups in total. The summed E-state index contributed by atoms with van der Waals surface area (Å²) in [7, 11) is -9.77. The molecule has 0 rings (SSSR count). The SMILES string of the molecule is CC/C=C\C/C=C\C/C=C\CCCCCCCCCC(=O)OCC(COP(=O)(O)OCC(O)COP(=O)(O)OCC(O)COC(=O)CCCCCCCCCCC/C=C\C/C=C\C/C=C\C/C=C\CCCCC)OC(=O)CCCCCCCCCCCCC. The van der Waals surface area contributed by atoms with Crippen molar-refractivity contribution in [3.63, 3.8) is 0 Å². The van der Waals surface area contributed by atoms with Crippen LogP contribution in [0.25, 0.3) is 0 Å². The second kappa shape index (κ2) is 64.8. The van der Waals surface area contributed by atoms with E-state index in [1.807, 2.05) is 0 Å². The average molecular weight is 1300 g/mol. The molecule has 16 nitrogen and oxygen atoms in total. The molecule has 0 aromatic heterocycles. The summed E-state index contributed by atoms with van der Waals surface area (Å²) in [6.07, 6.45) is 69.3. The molecule has 516 valence electrons. The van der Waals surface area contributed by atoms with Crippen LogP contribution in [0.5, 0.6) is 0 Å². The molecule has 0 spiro atoms. The zero-order valence-corrected chi connectivity index (χ0v) is 57.6. The number of hydrogen-bond acceptors (Lipinski definition) is 14. The lowest BCUT2D eigenvalue weighted by molar-refractivity contribution is -0.161. The first-order valence-electron chi connectivity index (χ1n) is 34.9. The van der Waals surface area contributed by atoms with Crippen molar-refractivity contribution in [2.24, 2.45) is 0 Å². The number of hydrogen-bond donors (Lipinski definition) is 4. The number of carbonyl (C=O) groups excluding carboxylic acids is 3. The summed E-state index contributed by atoms with van der Waals surface area (Å²) in [5, 5.41) is 20.5. The molecule has 0 saturated carbocycles. The van der Waals surface area contributed by atoms with Gasteiger partial charge in [-0.25, -0.2) is 9.13 Å². The Balaban J connectivity index is 4.50. The van der Waals surface area contributed by atoms with Gasteiger partial charge in [-0.2, -0.15) is 0 Å². The summed E-state index contributed by atoms with van der Waals surface area (Å²) in [4.78, 5) is 58.3. The second-order valence-electron chi connectivity index (χ2n) is 23.3. The fourth-order valence-corrected chi connectivity index (χ4v) is 10.9. The van der Waals surface area contributed by atoms with Crippen molar-refractivity contribution in [3.05, 3.63) is 85.1 Å². The van der Waals surface area contributed by atoms with Gasteiger partial charge in [-0.05, 0) is 96.3 Å². The number of unbranched alkanes of at least 4 members (excludes halogenated alkanes) is 29. The van der Waals surface area contributed by atoms with Gasteiger partial charge in [0.05, 0.1) is 26.4 Å². The third-order valence-electron chi connectivity index (χ3n) is 14.6.